The van der Waals surface area contributed by atoms with Gasteiger partial charge in [-0.3, -0.25) is 4.79 Å². The number of thiophene rings is 1. The second kappa shape index (κ2) is 9.46. The van der Waals surface area contributed by atoms with Crippen LogP contribution in [0.3, 0.4) is 0 Å². The first-order chi connectivity index (χ1) is 17.6. The van der Waals surface area contributed by atoms with Crippen molar-refractivity contribution in [3.63, 3.8) is 0 Å². The van der Waals surface area contributed by atoms with Crippen LogP contribution in [0.25, 0.3) is 43.3 Å². The summed E-state index contributed by atoms with van der Waals surface area (Å²) in [5.41, 5.74) is 4.07. The van der Waals surface area contributed by atoms with Gasteiger partial charge < -0.3 is 14.5 Å². The van der Waals surface area contributed by atoms with Gasteiger partial charge in [-0.1, -0.05) is 53.7 Å². The first-order valence-electron chi connectivity index (χ1n) is 11.0. The number of carbonyl (C=O) groups excluding carboxylic acids is 1. The van der Waals surface area contributed by atoms with Gasteiger partial charge in [-0.25, -0.2) is 9.97 Å². The number of halogens is 1. The lowest BCUT2D eigenvalue weighted by Crippen LogP contribution is -2.14. The Morgan fingerprint density at radius 1 is 1.08 bits per heavy atom. The van der Waals surface area contributed by atoms with Crippen LogP contribution in [0.1, 0.15) is 0 Å². The maximum absolute atomic E-state index is 13.0. The first kappa shape index (κ1) is 22.8. The highest BCUT2D eigenvalue weighted by atomic mass is 35.5. The Hall–Kier alpha value is -3.59. The topological polar surface area (TPSA) is 77.2 Å². The van der Waals surface area contributed by atoms with E-state index in [1.165, 1.54) is 18.1 Å². The molecule has 9 heteroatoms. The van der Waals surface area contributed by atoms with Gasteiger partial charge in [0.05, 0.1) is 23.9 Å². The van der Waals surface area contributed by atoms with Crippen molar-refractivity contribution in [2.75, 3.05) is 18.2 Å². The van der Waals surface area contributed by atoms with E-state index in [-0.39, 0.29) is 11.7 Å². The van der Waals surface area contributed by atoms with E-state index in [9.17, 15) is 4.79 Å². The average Bonchev–Trinajstić information content (AvgIpc) is 3.49. The molecule has 0 spiro atoms. The lowest BCUT2D eigenvalue weighted by molar-refractivity contribution is -0.113. The number of hydrogen-bond donors (Lipinski definition) is 1. The number of fused-ring (bicyclic) bond motifs is 4. The van der Waals surface area contributed by atoms with Crippen molar-refractivity contribution in [3.05, 3.63) is 77.4 Å². The molecule has 1 N–H and O–H groups in total. The molecule has 0 bridgehead atoms. The molecule has 178 valence electrons. The summed E-state index contributed by atoms with van der Waals surface area (Å²) in [5, 5.41) is 9.32. The quantitative estimate of drug-likeness (QED) is 0.176. The van der Waals surface area contributed by atoms with Gasteiger partial charge in [0.2, 0.25) is 5.91 Å². The largest absolute Gasteiger partial charge is 0.495 e. The molecule has 0 aliphatic rings. The van der Waals surface area contributed by atoms with E-state index in [2.05, 4.69) is 20.7 Å². The Bertz CT molecular complexity index is 1750. The van der Waals surface area contributed by atoms with E-state index >= 15 is 0 Å². The number of methoxy groups -OCH3 is 1. The summed E-state index contributed by atoms with van der Waals surface area (Å²) >= 11 is 8.98. The number of hydrogen-bond acceptors (Lipinski definition) is 7. The monoisotopic (exact) mass is 531 g/mol. The maximum atomic E-state index is 13.0. The molecule has 3 aromatic heterocycles. The van der Waals surface area contributed by atoms with E-state index in [1.807, 2.05) is 54.6 Å². The number of amides is 1. The number of carbonyl (C=O) groups is 1. The van der Waals surface area contributed by atoms with Crippen LogP contribution < -0.4 is 10.1 Å². The number of ether oxygens (including phenoxy) is 1. The van der Waals surface area contributed by atoms with E-state index in [4.69, 9.17) is 20.8 Å². The minimum absolute atomic E-state index is 0.170. The average molecular weight is 532 g/mol. The highest BCUT2D eigenvalue weighted by Gasteiger charge is 2.17. The minimum Gasteiger partial charge on any atom is -0.495 e. The number of para-hydroxylation sites is 1. The molecule has 0 aliphatic heterocycles. The van der Waals surface area contributed by atoms with Gasteiger partial charge in [0, 0.05) is 32.8 Å². The zero-order valence-corrected chi connectivity index (χ0v) is 21.3. The molecular weight excluding hydrogens is 514 g/mol. The third kappa shape index (κ3) is 4.17. The van der Waals surface area contributed by atoms with E-state index in [1.54, 1.807) is 24.5 Å². The van der Waals surface area contributed by atoms with E-state index in [0.717, 1.165) is 42.7 Å². The van der Waals surface area contributed by atoms with E-state index in [0.29, 0.717) is 22.0 Å². The molecule has 0 saturated heterocycles. The summed E-state index contributed by atoms with van der Waals surface area (Å²) in [4.78, 5) is 22.7. The molecule has 0 atom stereocenters. The minimum atomic E-state index is -0.177. The predicted molar refractivity (Wildman–Crippen MR) is 147 cm³/mol. The summed E-state index contributed by atoms with van der Waals surface area (Å²) in [6.45, 7) is 0. The Balaban J connectivity index is 1.26. The molecule has 0 aliphatic carbocycles. The standard InChI is InChI=1S/C27H18ClN3O3S2/c1-33-23-10-18-17-4-2-3-5-21(17)34-22(18)11-20(23)31-24(32)13-36-27-25-19(12-35-26(25)29-14-30-27)15-6-8-16(28)9-7-15/h2-12,14H,13H2,1H3,(H,31,32). The third-order valence-corrected chi connectivity index (χ3v) is 7.93. The van der Waals surface area contributed by atoms with Gasteiger partial charge in [0.1, 0.15) is 33.1 Å². The van der Waals surface area contributed by atoms with Crippen molar-refractivity contribution in [1.82, 2.24) is 9.97 Å². The highest BCUT2D eigenvalue weighted by molar-refractivity contribution is 8.00. The molecule has 6 rings (SSSR count). The van der Waals surface area contributed by atoms with Crippen molar-refractivity contribution in [1.29, 1.82) is 0 Å². The van der Waals surface area contributed by atoms with Gasteiger partial charge in [-0.15, -0.1) is 11.3 Å². The molecule has 0 radical (unpaired) electrons. The molecule has 0 fully saturated rings. The second-order valence-electron chi connectivity index (χ2n) is 8.00. The summed E-state index contributed by atoms with van der Waals surface area (Å²) in [6, 6.07) is 19.2. The number of aromatic nitrogens is 2. The maximum Gasteiger partial charge on any atom is 0.234 e. The van der Waals surface area contributed by atoms with Crippen molar-refractivity contribution >= 4 is 78.4 Å². The zero-order valence-electron chi connectivity index (χ0n) is 18.9. The predicted octanol–water partition coefficient (Wildman–Crippen LogP) is 7.65. The molecule has 36 heavy (non-hydrogen) atoms. The van der Waals surface area contributed by atoms with Crippen molar-refractivity contribution < 1.29 is 13.9 Å². The van der Waals surface area contributed by atoms with Crippen LogP contribution in [-0.4, -0.2) is 28.7 Å². The molecule has 0 saturated carbocycles. The van der Waals surface area contributed by atoms with Crippen molar-refractivity contribution in [2.45, 2.75) is 5.03 Å². The van der Waals surface area contributed by atoms with Gasteiger partial charge in [0.25, 0.3) is 0 Å². The summed E-state index contributed by atoms with van der Waals surface area (Å²) in [6.07, 6.45) is 1.53. The second-order valence-corrected chi connectivity index (χ2v) is 10.3. The fourth-order valence-electron chi connectivity index (χ4n) is 4.14. The van der Waals surface area contributed by atoms with Crippen LogP contribution in [0.5, 0.6) is 5.75 Å². The van der Waals surface area contributed by atoms with Crippen LogP contribution >= 0.6 is 34.7 Å². The number of anilines is 1. The van der Waals surface area contributed by atoms with E-state index < -0.39 is 0 Å². The third-order valence-electron chi connectivity index (χ3n) is 5.80. The van der Waals surface area contributed by atoms with Crippen LogP contribution in [0.4, 0.5) is 5.69 Å². The number of rotatable bonds is 6. The fraction of sp³-hybridized carbons (Fsp3) is 0.0741. The molecule has 0 unspecified atom stereocenters. The van der Waals surface area contributed by atoms with Gasteiger partial charge >= 0.3 is 0 Å². The lowest BCUT2D eigenvalue weighted by Gasteiger charge is -2.10. The Kier molecular flexibility index (Phi) is 6.00. The molecular formula is C27H18ClN3O3S2. The normalized spacial score (nSPS) is 11.4. The number of nitrogens with one attached hydrogen (secondary N) is 1. The molecule has 6 nitrogen and oxygen atoms in total. The zero-order chi connectivity index (χ0) is 24.6. The van der Waals surface area contributed by atoms with Crippen LogP contribution in [0, 0.1) is 0 Å². The number of benzene rings is 3. The smallest absolute Gasteiger partial charge is 0.234 e. The number of thioether (sulfide) groups is 1. The van der Waals surface area contributed by atoms with Gasteiger partial charge in [-0.2, -0.15) is 0 Å². The Labute approximate surface area is 219 Å². The van der Waals surface area contributed by atoms with Crippen molar-refractivity contribution in [3.8, 4) is 16.9 Å². The fourth-order valence-corrected chi connectivity index (χ4v) is 6.06. The van der Waals surface area contributed by atoms with Crippen LogP contribution in [-0.2, 0) is 4.79 Å². The SMILES string of the molecule is COc1cc2c(cc1NC(=O)CSc1ncnc3scc(-c4ccc(Cl)cc4)c13)oc1ccccc12. The molecule has 1 amide bonds. The first-order valence-corrected chi connectivity index (χ1v) is 13.2. The molecule has 3 heterocycles. The van der Waals surface area contributed by atoms with Crippen molar-refractivity contribution in [2.24, 2.45) is 0 Å². The Morgan fingerprint density at radius 3 is 2.75 bits per heavy atom. The van der Waals surface area contributed by atoms with Gasteiger partial charge in [0.15, 0.2) is 0 Å². The number of furan rings is 1. The Morgan fingerprint density at radius 2 is 1.92 bits per heavy atom. The summed E-state index contributed by atoms with van der Waals surface area (Å²) < 4.78 is 11.5. The summed E-state index contributed by atoms with van der Waals surface area (Å²) in [7, 11) is 1.58. The number of nitrogens with zero attached hydrogens (tertiary/aromatic N) is 2. The summed E-state index contributed by atoms with van der Waals surface area (Å²) in [5.74, 6) is 0.562. The molecule has 3 aromatic carbocycles. The lowest BCUT2D eigenvalue weighted by atomic mass is 10.1. The van der Waals surface area contributed by atoms with Crippen LogP contribution in [0.15, 0.2) is 81.8 Å². The molecule has 6 aromatic rings. The van der Waals surface area contributed by atoms with Gasteiger partial charge in [-0.05, 0) is 29.8 Å². The van der Waals surface area contributed by atoms with Crippen LogP contribution in [0.2, 0.25) is 5.02 Å². The highest BCUT2D eigenvalue weighted by Crippen LogP contribution is 2.39.